The first-order valence-corrected chi connectivity index (χ1v) is 12.5. The minimum atomic E-state index is -0.384. The van der Waals surface area contributed by atoms with Crippen LogP contribution in [0.15, 0.2) is 76.6 Å². The van der Waals surface area contributed by atoms with Crippen LogP contribution in [0, 0.1) is 17.6 Å². The summed E-state index contributed by atoms with van der Waals surface area (Å²) in [5.74, 6) is 0.744. The molecule has 0 spiro atoms. The lowest BCUT2D eigenvalue weighted by molar-refractivity contribution is 0.275. The molecule has 2 heterocycles. The van der Waals surface area contributed by atoms with E-state index < -0.39 is 0 Å². The van der Waals surface area contributed by atoms with Crippen molar-refractivity contribution in [2.24, 2.45) is 5.92 Å². The number of H-pyrrole nitrogens is 1. The summed E-state index contributed by atoms with van der Waals surface area (Å²) in [7, 11) is 0. The first-order valence-electron chi connectivity index (χ1n) is 11.7. The summed E-state index contributed by atoms with van der Waals surface area (Å²) in [6, 6.07) is 14.4. The lowest BCUT2D eigenvalue weighted by Gasteiger charge is -2.37. The van der Waals surface area contributed by atoms with Gasteiger partial charge < -0.3 is 4.42 Å². The number of halogens is 2. The first kappa shape index (κ1) is 24.5. The maximum absolute atomic E-state index is 13.9. The van der Waals surface area contributed by atoms with Gasteiger partial charge in [0.05, 0.1) is 0 Å². The molecule has 2 aliphatic rings. The average Bonchev–Trinajstić information content (AvgIpc) is 3.24. The summed E-state index contributed by atoms with van der Waals surface area (Å²) >= 11 is 1.75. The van der Waals surface area contributed by atoms with E-state index in [1.54, 1.807) is 18.1 Å². The molecule has 4 nitrogen and oxygen atoms in total. The van der Waals surface area contributed by atoms with Crippen LogP contribution in [0.4, 0.5) is 8.78 Å². The number of oxazole rings is 1. The van der Waals surface area contributed by atoms with Gasteiger partial charge in [-0.05, 0) is 62.3 Å². The molecular formula is C27H30F2N2O2S. The summed E-state index contributed by atoms with van der Waals surface area (Å²) in [4.78, 5) is 13.1. The molecule has 1 N–H and O–H groups in total. The molecule has 2 aromatic carbocycles. The summed E-state index contributed by atoms with van der Waals surface area (Å²) in [6.07, 6.45) is 7.91. The lowest BCUT2D eigenvalue weighted by Crippen LogP contribution is -2.31. The molecule has 180 valence electrons. The Morgan fingerprint density at radius 3 is 2.62 bits per heavy atom. The van der Waals surface area contributed by atoms with E-state index in [2.05, 4.69) is 34.9 Å². The molecule has 0 amide bonds. The van der Waals surface area contributed by atoms with E-state index >= 15 is 0 Å². The molecule has 0 radical (unpaired) electrons. The van der Waals surface area contributed by atoms with Crippen molar-refractivity contribution in [3.8, 4) is 0 Å². The Bertz CT molecular complexity index is 1140. The van der Waals surface area contributed by atoms with Crippen LogP contribution in [0.25, 0.3) is 0 Å². The molecule has 7 heteroatoms. The number of hydrogen-bond donors (Lipinski definition) is 1. The van der Waals surface area contributed by atoms with Crippen LogP contribution in [0.2, 0.25) is 0 Å². The molecule has 1 aromatic heterocycles. The fourth-order valence-corrected chi connectivity index (χ4v) is 5.74. The van der Waals surface area contributed by atoms with Crippen LogP contribution in [-0.2, 0) is 6.54 Å². The van der Waals surface area contributed by atoms with E-state index in [9.17, 15) is 13.6 Å². The van der Waals surface area contributed by atoms with Crippen LogP contribution < -0.4 is 5.76 Å². The molecule has 1 aliphatic carbocycles. The van der Waals surface area contributed by atoms with Crippen LogP contribution in [-0.4, -0.2) is 15.3 Å². The van der Waals surface area contributed by atoms with Gasteiger partial charge in [0.1, 0.15) is 17.4 Å². The van der Waals surface area contributed by atoms with Crippen LogP contribution in [0.5, 0.6) is 0 Å². The molecule has 34 heavy (non-hydrogen) atoms. The van der Waals surface area contributed by atoms with Gasteiger partial charge in [-0.1, -0.05) is 48.4 Å². The van der Waals surface area contributed by atoms with E-state index in [0.717, 1.165) is 31.4 Å². The van der Waals surface area contributed by atoms with Gasteiger partial charge in [-0.25, -0.2) is 17.9 Å². The van der Waals surface area contributed by atoms with E-state index in [0.29, 0.717) is 35.2 Å². The van der Waals surface area contributed by atoms with Crippen molar-refractivity contribution in [1.82, 2.24) is 9.29 Å². The van der Waals surface area contributed by atoms with Gasteiger partial charge in [0, 0.05) is 35.5 Å². The highest BCUT2D eigenvalue weighted by Gasteiger charge is 2.30. The number of aromatic nitrogens is 1. The number of nitrogens with one attached hydrogen (secondary N) is 1. The second-order valence-electron chi connectivity index (χ2n) is 8.99. The van der Waals surface area contributed by atoms with Crippen LogP contribution in [0.3, 0.4) is 0 Å². The third kappa shape index (κ3) is 6.07. The minimum Gasteiger partial charge on any atom is -0.413 e. The Morgan fingerprint density at radius 1 is 1.18 bits per heavy atom. The third-order valence-corrected chi connectivity index (χ3v) is 8.08. The number of aromatic amines is 1. The molecular weight excluding hydrogens is 454 g/mol. The van der Waals surface area contributed by atoms with Gasteiger partial charge in [0.25, 0.3) is 0 Å². The standard InChI is InChI=1S/C18H19F2NS.C9H11NO2/c1-13-7-10-18(14-5-3-2-4-6-14)22-21(13)12-15-11-16(19)8-9-17(15)20;1-2-6-3-7(4-6)8-5-10-9(11)12-8/h2-6,8-9,11,13,18H,7,10,12H2,1H3;2,5-7H,1,3-4H2,(H,10,11)/t13-,18?;/m0./s1. The topological polar surface area (TPSA) is 49.2 Å². The number of hydrogen-bond acceptors (Lipinski definition) is 4. The molecule has 1 saturated heterocycles. The Hall–Kier alpha value is -2.64. The second-order valence-corrected chi connectivity index (χ2v) is 10.2. The first-order chi connectivity index (χ1) is 16.4. The molecule has 3 aromatic rings. The zero-order valence-electron chi connectivity index (χ0n) is 19.3. The Labute approximate surface area is 203 Å². The van der Waals surface area contributed by atoms with Gasteiger partial charge in [-0.3, -0.25) is 4.98 Å². The van der Waals surface area contributed by atoms with Crippen LogP contribution >= 0.6 is 11.9 Å². The van der Waals surface area contributed by atoms with Crippen molar-refractivity contribution < 1.29 is 13.2 Å². The zero-order chi connectivity index (χ0) is 24.1. The third-order valence-electron chi connectivity index (χ3n) is 6.56. The predicted octanol–water partition coefficient (Wildman–Crippen LogP) is 6.99. The summed E-state index contributed by atoms with van der Waals surface area (Å²) in [6.45, 7) is 6.29. The monoisotopic (exact) mass is 484 g/mol. The largest absolute Gasteiger partial charge is 0.416 e. The van der Waals surface area contributed by atoms with Crippen molar-refractivity contribution in [1.29, 1.82) is 0 Å². The normalized spacial score (nSPS) is 24.6. The highest BCUT2D eigenvalue weighted by Crippen LogP contribution is 2.43. The molecule has 1 aliphatic heterocycles. The Kier molecular flexibility index (Phi) is 8.06. The van der Waals surface area contributed by atoms with Crippen molar-refractivity contribution in [2.45, 2.75) is 56.4 Å². The van der Waals surface area contributed by atoms with Crippen molar-refractivity contribution >= 4 is 11.9 Å². The SMILES string of the molecule is C=CC1CC(c2c[nH]c(=O)o2)C1.C[C@H]1CCC(c2ccccc2)SN1Cc1cc(F)ccc1F. The predicted molar refractivity (Wildman–Crippen MR) is 132 cm³/mol. The van der Waals surface area contributed by atoms with Crippen molar-refractivity contribution in [3.05, 3.63) is 106 Å². The van der Waals surface area contributed by atoms with E-state index in [4.69, 9.17) is 4.42 Å². The molecule has 1 saturated carbocycles. The second kappa shape index (κ2) is 11.2. The molecule has 2 atom stereocenters. The van der Waals surface area contributed by atoms with Gasteiger partial charge in [-0.15, -0.1) is 6.58 Å². The van der Waals surface area contributed by atoms with E-state index in [1.807, 2.05) is 24.3 Å². The van der Waals surface area contributed by atoms with Gasteiger partial charge in [0.15, 0.2) is 0 Å². The Balaban J connectivity index is 0.000000192. The number of allylic oxidation sites excluding steroid dienone is 1. The minimum absolute atomic E-state index is 0.337. The molecule has 1 unspecified atom stereocenters. The van der Waals surface area contributed by atoms with E-state index in [-0.39, 0.29) is 17.4 Å². The highest BCUT2D eigenvalue weighted by atomic mass is 32.2. The quantitative estimate of drug-likeness (QED) is 0.313. The van der Waals surface area contributed by atoms with Gasteiger partial charge in [0.2, 0.25) is 0 Å². The summed E-state index contributed by atoms with van der Waals surface area (Å²) in [5.41, 5.74) is 1.72. The highest BCUT2D eigenvalue weighted by molar-refractivity contribution is 7.97. The fraction of sp³-hybridized carbons (Fsp3) is 0.370. The number of rotatable bonds is 5. The number of benzene rings is 2. The summed E-state index contributed by atoms with van der Waals surface area (Å²) < 4.78 is 34.3. The smallest absolute Gasteiger partial charge is 0.413 e. The molecule has 0 bridgehead atoms. The van der Waals surface area contributed by atoms with Crippen molar-refractivity contribution in [2.75, 3.05) is 0 Å². The van der Waals surface area contributed by atoms with Crippen LogP contribution in [0.1, 0.15) is 60.7 Å². The number of nitrogens with zero attached hydrogens (tertiary/aromatic N) is 1. The van der Waals surface area contributed by atoms with Gasteiger partial charge >= 0.3 is 5.76 Å². The molecule has 2 fully saturated rings. The fourth-order valence-electron chi connectivity index (χ4n) is 4.36. The Morgan fingerprint density at radius 2 is 1.94 bits per heavy atom. The van der Waals surface area contributed by atoms with Crippen molar-refractivity contribution in [3.63, 3.8) is 0 Å². The summed E-state index contributed by atoms with van der Waals surface area (Å²) in [5, 5.41) is 0.383. The maximum Gasteiger partial charge on any atom is 0.416 e. The maximum atomic E-state index is 13.9. The lowest BCUT2D eigenvalue weighted by atomic mass is 9.74. The average molecular weight is 485 g/mol. The van der Waals surface area contributed by atoms with Gasteiger partial charge in [-0.2, -0.15) is 0 Å². The molecule has 5 rings (SSSR count). The zero-order valence-corrected chi connectivity index (χ0v) is 20.1. The van der Waals surface area contributed by atoms with E-state index in [1.165, 1.54) is 23.8 Å².